The molecule has 1 atom stereocenters. The van der Waals surface area contributed by atoms with Gasteiger partial charge in [-0.05, 0) is 12.3 Å². The van der Waals surface area contributed by atoms with E-state index >= 15 is 0 Å². The van der Waals surface area contributed by atoms with E-state index < -0.39 is 0 Å². The van der Waals surface area contributed by atoms with Crippen LogP contribution >= 0.6 is 0 Å². The van der Waals surface area contributed by atoms with Gasteiger partial charge in [-0.3, -0.25) is 4.68 Å². The van der Waals surface area contributed by atoms with Gasteiger partial charge in [0.05, 0.1) is 12.8 Å². The average Bonchev–Trinajstić information content (AvgIpc) is 2.72. The molecule has 0 aliphatic rings. The molecule has 0 spiro atoms. The highest BCUT2D eigenvalue weighted by molar-refractivity contribution is 5.03. The Bertz CT molecular complexity index is 309. The Morgan fingerprint density at radius 2 is 2.24 bits per heavy atom. The summed E-state index contributed by atoms with van der Waals surface area (Å²) in [7, 11) is 1.75. The lowest BCUT2D eigenvalue weighted by molar-refractivity contribution is 0.146. The first-order chi connectivity index (χ1) is 8.17. The average molecular weight is 239 g/mol. The Morgan fingerprint density at radius 3 is 2.82 bits per heavy atom. The molecule has 0 radical (unpaired) electrons. The van der Waals surface area contributed by atoms with Crippen LogP contribution in [0.4, 0.5) is 0 Å². The summed E-state index contributed by atoms with van der Waals surface area (Å²) in [6.07, 6.45) is 5.17. The summed E-state index contributed by atoms with van der Waals surface area (Å²) in [6, 6.07) is 0.398. The summed E-state index contributed by atoms with van der Waals surface area (Å²) < 4.78 is 7.21. The van der Waals surface area contributed by atoms with Crippen LogP contribution in [0.3, 0.4) is 0 Å². The maximum absolute atomic E-state index is 5.21. The van der Waals surface area contributed by atoms with E-state index in [-0.39, 0.29) is 0 Å². The van der Waals surface area contributed by atoms with Crippen molar-refractivity contribution in [2.24, 2.45) is 5.92 Å². The predicted molar refractivity (Wildman–Crippen MR) is 69.9 cm³/mol. The van der Waals surface area contributed by atoms with Gasteiger partial charge in [0.15, 0.2) is 0 Å². The van der Waals surface area contributed by atoms with Crippen molar-refractivity contribution in [3.05, 3.63) is 18.0 Å². The van der Waals surface area contributed by atoms with Crippen LogP contribution in [0.25, 0.3) is 0 Å². The first-order valence-electron chi connectivity index (χ1n) is 6.41. The van der Waals surface area contributed by atoms with Crippen LogP contribution in [0.5, 0.6) is 0 Å². The lowest BCUT2D eigenvalue weighted by Crippen LogP contribution is -2.37. The summed E-state index contributed by atoms with van der Waals surface area (Å²) in [5.74, 6) is 0.570. The smallest absolute Gasteiger partial charge is 0.0618 e. The molecule has 4 heteroatoms. The van der Waals surface area contributed by atoms with E-state index in [9.17, 15) is 0 Å². The van der Waals surface area contributed by atoms with Crippen LogP contribution < -0.4 is 5.32 Å². The highest BCUT2D eigenvalue weighted by atomic mass is 16.5. The second kappa shape index (κ2) is 7.45. The first kappa shape index (κ1) is 14.2. The second-order valence-electron chi connectivity index (χ2n) is 4.80. The Hall–Kier alpha value is -0.870. The normalized spacial score (nSPS) is 13.2. The lowest BCUT2D eigenvalue weighted by atomic mass is 10.1. The molecular formula is C13H25N3O. The molecule has 1 rings (SSSR count). The zero-order valence-electron chi connectivity index (χ0n) is 11.4. The van der Waals surface area contributed by atoms with Gasteiger partial charge in [-0.25, -0.2) is 0 Å². The monoisotopic (exact) mass is 239 g/mol. The minimum atomic E-state index is 0.398. The van der Waals surface area contributed by atoms with Crippen molar-refractivity contribution in [3.63, 3.8) is 0 Å². The fraction of sp³-hybridized carbons (Fsp3) is 0.769. The van der Waals surface area contributed by atoms with E-state index in [4.69, 9.17) is 4.74 Å². The number of aromatic nitrogens is 2. The molecule has 4 nitrogen and oxygen atoms in total. The summed E-state index contributed by atoms with van der Waals surface area (Å²) in [4.78, 5) is 0. The molecule has 0 aliphatic heterocycles. The number of nitrogens with one attached hydrogen (secondary N) is 1. The van der Waals surface area contributed by atoms with E-state index in [1.807, 2.05) is 10.9 Å². The van der Waals surface area contributed by atoms with Gasteiger partial charge in [-0.2, -0.15) is 5.10 Å². The number of hydrogen-bond donors (Lipinski definition) is 1. The minimum absolute atomic E-state index is 0.398. The molecule has 1 aromatic heterocycles. The molecule has 1 unspecified atom stereocenters. The molecule has 1 N–H and O–H groups in total. The highest BCUT2D eigenvalue weighted by Gasteiger charge is 2.12. The standard InChI is InChI=1S/C13H25N3O/c1-5-6-16-9-12(8-15-16)7-14-13(10-17-4)11(2)3/h8-9,11,13-14H,5-7,10H2,1-4H3. The van der Waals surface area contributed by atoms with E-state index in [0.29, 0.717) is 12.0 Å². The number of methoxy groups -OCH3 is 1. The van der Waals surface area contributed by atoms with Crippen LogP contribution in [0, 0.1) is 5.92 Å². The zero-order chi connectivity index (χ0) is 12.7. The van der Waals surface area contributed by atoms with Crippen molar-refractivity contribution >= 4 is 0 Å². The molecular weight excluding hydrogens is 214 g/mol. The summed E-state index contributed by atoms with van der Waals surface area (Å²) in [5.41, 5.74) is 1.24. The van der Waals surface area contributed by atoms with Crippen molar-refractivity contribution in [1.82, 2.24) is 15.1 Å². The van der Waals surface area contributed by atoms with Gasteiger partial charge in [0.1, 0.15) is 0 Å². The molecule has 1 aromatic rings. The molecule has 0 fully saturated rings. The lowest BCUT2D eigenvalue weighted by Gasteiger charge is -2.21. The van der Waals surface area contributed by atoms with E-state index in [1.54, 1.807) is 7.11 Å². The van der Waals surface area contributed by atoms with Crippen LogP contribution in [-0.4, -0.2) is 29.5 Å². The first-order valence-corrected chi connectivity index (χ1v) is 6.41. The number of rotatable bonds is 8. The minimum Gasteiger partial charge on any atom is -0.383 e. The van der Waals surface area contributed by atoms with Gasteiger partial charge in [0.2, 0.25) is 0 Å². The van der Waals surface area contributed by atoms with Gasteiger partial charge in [0, 0.05) is 38.0 Å². The molecule has 17 heavy (non-hydrogen) atoms. The van der Waals surface area contributed by atoms with Gasteiger partial charge < -0.3 is 10.1 Å². The van der Waals surface area contributed by atoms with Gasteiger partial charge in [-0.1, -0.05) is 20.8 Å². The number of hydrogen-bond acceptors (Lipinski definition) is 3. The van der Waals surface area contributed by atoms with Crippen molar-refractivity contribution < 1.29 is 4.74 Å². The van der Waals surface area contributed by atoms with Gasteiger partial charge in [-0.15, -0.1) is 0 Å². The molecule has 0 bridgehead atoms. The van der Waals surface area contributed by atoms with Crippen molar-refractivity contribution in [1.29, 1.82) is 0 Å². The quantitative estimate of drug-likeness (QED) is 0.754. The molecule has 0 saturated heterocycles. The Labute approximate surface area is 104 Å². The largest absolute Gasteiger partial charge is 0.383 e. The fourth-order valence-electron chi connectivity index (χ4n) is 1.76. The van der Waals surface area contributed by atoms with Gasteiger partial charge >= 0.3 is 0 Å². The number of aryl methyl sites for hydroxylation is 1. The molecule has 1 heterocycles. The topological polar surface area (TPSA) is 39.1 Å². The SMILES string of the molecule is CCCn1cc(CNC(COC)C(C)C)cn1. The van der Waals surface area contributed by atoms with Crippen LogP contribution in [0.2, 0.25) is 0 Å². The van der Waals surface area contributed by atoms with Crippen LogP contribution in [0.1, 0.15) is 32.8 Å². The van der Waals surface area contributed by atoms with Crippen molar-refractivity contribution in [2.75, 3.05) is 13.7 Å². The van der Waals surface area contributed by atoms with E-state index in [2.05, 4.69) is 37.4 Å². The third-order valence-corrected chi connectivity index (χ3v) is 2.86. The Kier molecular flexibility index (Phi) is 6.22. The summed E-state index contributed by atoms with van der Waals surface area (Å²) in [6.45, 7) is 9.17. The Morgan fingerprint density at radius 1 is 1.47 bits per heavy atom. The Balaban J connectivity index is 2.41. The third kappa shape index (κ3) is 4.88. The predicted octanol–water partition coefficient (Wildman–Crippen LogP) is 2.05. The third-order valence-electron chi connectivity index (χ3n) is 2.86. The molecule has 0 amide bonds. The fourth-order valence-corrected chi connectivity index (χ4v) is 1.76. The van der Waals surface area contributed by atoms with Crippen molar-refractivity contribution in [3.8, 4) is 0 Å². The molecule has 0 saturated carbocycles. The van der Waals surface area contributed by atoms with Crippen LogP contribution in [-0.2, 0) is 17.8 Å². The summed E-state index contributed by atoms with van der Waals surface area (Å²) >= 11 is 0. The zero-order valence-corrected chi connectivity index (χ0v) is 11.4. The maximum atomic E-state index is 5.21. The second-order valence-corrected chi connectivity index (χ2v) is 4.80. The van der Waals surface area contributed by atoms with Crippen molar-refractivity contribution in [2.45, 2.75) is 46.3 Å². The van der Waals surface area contributed by atoms with Crippen LogP contribution in [0.15, 0.2) is 12.4 Å². The molecule has 0 aliphatic carbocycles. The van der Waals surface area contributed by atoms with E-state index in [0.717, 1.165) is 26.1 Å². The number of ether oxygens (including phenoxy) is 1. The highest BCUT2D eigenvalue weighted by Crippen LogP contribution is 2.05. The number of nitrogens with zero attached hydrogens (tertiary/aromatic N) is 2. The van der Waals surface area contributed by atoms with Gasteiger partial charge in [0.25, 0.3) is 0 Å². The molecule has 98 valence electrons. The maximum Gasteiger partial charge on any atom is 0.0618 e. The summed E-state index contributed by atoms with van der Waals surface area (Å²) in [5, 5.41) is 7.83. The van der Waals surface area contributed by atoms with E-state index in [1.165, 1.54) is 5.56 Å². The molecule has 0 aromatic carbocycles.